The van der Waals surface area contributed by atoms with Crippen molar-refractivity contribution in [2.75, 3.05) is 5.73 Å². The lowest BCUT2D eigenvalue weighted by atomic mass is 10.1. The molecule has 70 valence electrons. The van der Waals surface area contributed by atoms with E-state index in [1.807, 2.05) is 12.1 Å². The number of anilines is 1. The average molecular weight is 187 g/mol. The zero-order chi connectivity index (χ0) is 9.97. The number of hydrogen-bond acceptors (Lipinski definition) is 3. The maximum absolute atomic E-state index is 10.9. The van der Waals surface area contributed by atoms with Crippen molar-refractivity contribution < 1.29 is 0 Å². The van der Waals surface area contributed by atoms with E-state index in [4.69, 9.17) is 5.73 Å². The third-order valence-corrected chi connectivity index (χ3v) is 1.90. The van der Waals surface area contributed by atoms with Gasteiger partial charge < -0.3 is 10.7 Å². The molecule has 2 aromatic rings. The van der Waals surface area contributed by atoms with Gasteiger partial charge in [-0.2, -0.15) is 0 Å². The van der Waals surface area contributed by atoms with E-state index in [2.05, 4.69) is 9.97 Å². The molecule has 0 radical (unpaired) electrons. The lowest BCUT2D eigenvalue weighted by Crippen LogP contribution is -2.09. The number of nitrogens with one attached hydrogen (secondary N) is 1. The molecule has 1 aromatic carbocycles. The number of nitrogens with zero attached hydrogens (tertiary/aromatic N) is 1. The molecule has 0 aliphatic heterocycles. The van der Waals surface area contributed by atoms with E-state index in [1.165, 1.54) is 6.20 Å². The first-order valence-corrected chi connectivity index (χ1v) is 4.17. The second kappa shape index (κ2) is 3.33. The molecule has 2 rings (SSSR count). The minimum absolute atomic E-state index is 0.348. The summed E-state index contributed by atoms with van der Waals surface area (Å²) in [6.45, 7) is 0. The van der Waals surface area contributed by atoms with Crippen LogP contribution in [0.4, 0.5) is 5.69 Å². The van der Waals surface area contributed by atoms with Gasteiger partial charge in [-0.05, 0) is 23.8 Å². The minimum atomic E-state index is -0.348. The van der Waals surface area contributed by atoms with Gasteiger partial charge in [0.15, 0.2) is 0 Å². The van der Waals surface area contributed by atoms with Crippen molar-refractivity contribution in [3.8, 4) is 11.3 Å². The van der Waals surface area contributed by atoms with Crippen molar-refractivity contribution in [2.24, 2.45) is 0 Å². The normalized spacial score (nSPS) is 10.0. The lowest BCUT2D eigenvalue weighted by molar-refractivity contribution is 1.08. The molecule has 1 heterocycles. The SMILES string of the molecule is Nc1ccc(-c2ccnc(=O)[nH]2)cc1. The Kier molecular flexibility index (Phi) is 2.02. The molecule has 0 saturated heterocycles. The summed E-state index contributed by atoms with van der Waals surface area (Å²) in [6, 6.07) is 9.01. The molecule has 4 heteroatoms. The van der Waals surface area contributed by atoms with Crippen molar-refractivity contribution in [3.63, 3.8) is 0 Å². The fourth-order valence-corrected chi connectivity index (χ4v) is 1.20. The van der Waals surface area contributed by atoms with Crippen molar-refractivity contribution >= 4 is 5.69 Å². The molecule has 0 spiro atoms. The largest absolute Gasteiger partial charge is 0.399 e. The first kappa shape index (κ1) is 8.50. The van der Waals surface area contributed by atoms with Gasteiger partial charge in [0, 0.05) is 11.9 Å². The molecule has 0 saturated carbocycles. The van der Waals surface area contributed by atoms with Gasteiger partial charge in [0.05, 0.1) is 5.69 Å². The number of rotatable bonds is 1. The Bertz CT molecular complexity index is 487. The predicted molar refractivity (Wildman–Crippen MR) is 54.7 cm³/mol. The lowest BCUT2D eigenvalue weighted by Gasteiger charge is -2.00. The number of benzene rings is 1. The Morgan fingerprint density at radius 1 is 1.14 bits per heavy atom. The fraction of sp³-hybridized carbons (Fsp3) is 0. The molecule has 0 atom stereocenters. The van der Waals surface area contributed by atoms with E-state index in [9.17, 15) is 4.79 Å². The van der Waals surface area contributed by atoms with Crippen LogP contribution in [0, 0.1) is 0 Å². The van der Waals surface area contributed by atoms with Crippen LogP contribution in [-0.2, 0) is 0 Å². The molecular weight excluding hydrogens is 178 g/mol. The van der Waals surface area contributed by atoms with Crippen LogP contribution in [-0.4, -0.2) is 9.97 Å². The number of nitrogens with two attached hydrogens (primary N) is 1. The van der Waals surface area contributed by atoms with Crippen LogP contribution in [0.1, 0.15) is 0 Å². The molecule has 0 aliphatic carbocycles. The van der Waals surface area contributed by atoms with Crippen LogP contribution in [0.15, 0.2) is 41.3 Å². The highest BCUT2D eigenvalue weighted by atomic mass is 16.1. The number of hydrogen-bond donors (Lipinski definition) is 2. The molecule has 0 aliphatic rings. The summed E-state index contributed by atoms with van der Waals surface area (Å²) in [4.78, 5) is 17.1. The predicted octanol–water partition coefficient (Wildman–Crippen LogP) is 1.02. The molecule has 0 amide bonds. The van der Waals surface area contributed by atoms with Gasteiger partial charge >= 0.3 is 5.69 Å². The summed E-state index contributed by atoms with van der Waals surface area (Å²) in [5.74, 6) is 0. The summed E-state index contributed by atoms with van der Waals surface area (Å²) in [5.41, 5.74) is 7.56. The van der Waals surface area contributed by atoms with Gasteiger partial charge in [0.25, 0.3) is 0 Å². The summed E-state index contributed by atoms with van der Waals surface area (Å²) in [6.07, 6.45) is 1.48. The Hall–Kier alpha value is -2.10. The van der Waals surface area contributed by atoms with Gasteiger partial charge in [0.2, 0.25) is 0 Å². The highest BCUT2D eigenvalue weighted by Crippen LogP contribution is 2.16. The molecule has 0 bridgehead atoms. The van der Waals surface area contributed by atoms with Crippen LogP contribution in [0.3, 0.4) is 0 Å². The molecule has 0 fully saturated rings. The van der Waals surface area contributed by atoms with Crippen LogP contribution >= 0.6 is 0 Å². The smallest absolute Gasteiger partial charge is 0.345 e. The van der Waals surface area contributed by atoms with Crippen molar-refractivity contribution in [2.45, 2.75) is 0 Å². The molecule has 14 heavy (non-hydrogen) atoms. The van der Waals surface area contributed by atoms with E-state index in [1.54, 1.807) is 18.2 Å². The summed E-state index contributed by atoms with van der Waals surface area (Å²) in [7, 11) is 0. The first-order valence-electron chi connectivity index (χ1n) is 4.17. The zero-order valence-corrected chi connectivity index (χ0v) is 7.40. The van der Waals surface area contributed by atoms with Crippen LogP contribution in [0.25, 0.3) is 11.3 Å². The van der Waals surface area contributed by atoms with Crippen molar-refractivity contribution in [3.05, 3.63) is 47.0 Å². The van der Waals surface area contributed by atoms with Crippen molar-refractivity contribution in [1.82, 2.24) is 9.97 Å². The Morgan fingerprint density at radius 3 is 2.50 bits per heavy atom. The second-order valence-electron chi connectivity index (χ2n) is 2.91. The van der Waals surface area contributed by atoms with Crippen LogP contribution in [0.5, 0.6) is 0 Å². The number of H-pyrrole nitrogens is 1. The molecule has 0 unspecified atom stereocenters. The standard InChI is InChI=1S/C10H9N3O/c11-8-3-1-7(2-4-8)9-5-6-12-10(14)13-9/h1-6H,11H2,(H,12,13,14). The number of aromatic amines is 1. The quantitative estimate of drug-likeness (QED) is 0.654. The van der Waals surface area contributed by atoms with E-state index < -0.39 is 0 Å². The molecule has 1 aromatic heterocycles. The topological polar surface area (TPSA) is 71.8 Å². The van der Waals surface area contributed by atoms with Crippen LogP contribution < -0.4 is 11.4 Å². The monoisotopic (exact) mass is 187 g/mol. The van der Waals surface area contributed by atoms with Gasteiger partial charge in [-0.25, -0.2) is 9.78 Å². The van der Waals surface area contributed by atoms with Gasteiger partial charge in [-0.15, -0.1) is 0 Å². The molecular formula is C10H9N3O. The van der Waals surface area contributed by atoms with E-state index in [0.717, 1.165) is 11.3 Å². The highest BCUT2D eigenvalue weighted by molar-refractivity contribution is 5.61. The Morgan fingerprint density at radius 2 is 1.86 bits per heavy atom. The fourth-order valence-electron chi connectivity index (χ4n) is 1.20. The number of aromatic nitrogens is 2. The van der Waals surface area contributed by atoms with E-state index >= 15 is 0 Å². The number of nitrogen functional groups attached to an aromatic ring is 1. The molecule has 3 N–H and O–H groups in total. The summed E-state index contributed by atoms with van der Waals surface area (Å²) >= 11 is 0. The van der Waals surface area contributed by atoms with Gasteiger partial charge in [-0.3, -0.25) is 0 Å². The Labute approximate surface area is 80.4 Å². The summed E-state index contributed by atoms with van der Waals surface area (Å²) < 4.78 is 0. The van der Waals surface area contributed by atoms with Crippen LogP contribution in [0.2, 0.25) is 0 Å². The molecule has 4 nitrogen and oxygen atoms in total. The van der Waals surface area contributed by atoms with E-state index in [0.29, 0.717) is 5.69 Å². The maximum atomic E-state index is 10.9. The average Bonchev–Trinajstić information content (AvgIpc) is 2.19. The minimum Gasteiger partial charge on any atom is -0.399 e. The highest BCUT2D eigenvalue weighted by Gasteiger charge is 1.97. The maximum Gasteiger partial charge on any atom is 0.345 e. The second-order valence-corrected chi connectivity index (χ2v) is 2.91. The Balaban J connectivity index is 2.50. The third kappa shape index (κ3) is 1.64. The van der Waals surface area contributed by atoms with Crippen molar-refractivity contribution in [1.29, 1.82) is 0 Å². The third-order valence-electron chi connectivity index (χ3n) is 1.90. The van der Waals surface area contributed by atoms with Gasteiger partial charge in [0.1, 0.15) is 0 Å². The zero-order valence-electron chi connectivity index (χ0n) is 7.40. The summed E-state index contributed by atoms with van der Waals surface area (Å²) in [5, 5.41) is 0. The van der Waals surface area contributed by atoms with Gasteiger partial charge in [-0.1, -0.05) is 12.1 Å². The first-order chi connectivity index (χ1) is 6.75. The van der Waals surface area contributed by atoms with E-state index in [-0.39, 0.29) is 5.69 Å².